The van der Waals surface area contributed by atoms with Crippen LogP contribution in [-0.2, 0) is 4.74 Å². The minimum atomic E-state index is -0.661. The number of carbonyl (C=O) groups excluding carboxylic acids is 2. The first-order chi connectivity index (χ1) is 20.0. The van der Waals surface area contributed by atoms with Crippen molar-refractivity contribution in [2.75, 3.05) is 20.3 Å². The maximum atomic E-state index is 14.4. The number of methoxy groups -OCH3 is 1. The van der Waals surface area contributed by atoms with Crippen molar-refractivity contribution in [2.45, 2.75) is 33.8 Å². The second-order valence-electron chi connectivity index (χ2n) is 11.3. The smallest absolute Gasteiger partial charge is 0.337 e. The number of benzene rings is 3. The minimum absolute atomic E-state index is 0.0189. The van der Waals surface area contributed by atoms with E-state index in [0.29, 0.717) is 22.5 Å². The van der Waals surface area contributed by atoms with E-state index in [2.05, 4.69) is 5.10 Å². The molecule has 1 aliphatic rings. The van der Waals surface area contributed by atoms with Crippen LogP contribution in [0.5, 0.6) is 11.5 Å². The van der Waals surface area contributed by atoms with E-state index in [-0.39, 0.29) is 24.9 Å². The number of nitrogens with zero attached hydrogens (tertiary/aromatic N) is 3. The molecular weight excluding hydrogens is 541 g/mol. The third kappa shape index (κ3) is 4.30. The number of esters is 1. The Morgan fingerprint density at radius 3 is 2.60 bits per heavy atom. The standard InChI is InChI=1S/C32H30FN3O6/c1-17-29-28(21-8-6-18(30(38)40-5)13-26(21)42-17)22-15-24-19(16-34-36(24)31(39)32(2,3)4)12-25(22)35(29)23-9-7-20(33)14-27(23)41-11-10-37/h6-9,12-17,37H,10-11H2,1-5H3. The predicted molar refractivity (Wildman–Crippen MR) is 155 cm³/mol. The van der Waals surface area contributed by atoms with Crippen LogP contribution in [-0.4, -0.2) is 51.7 Å². The number of carbonyl (C=O) groups is 2. The molecule has 5 aromatic rings. The summed E-state index contributed by atoms with van der Waals surface area (Å²) >= 11 is 0. The molecule has 0 saturated carbocycles. The first-order valence-corrected chi connectivity index (χ1v) is 13.6. The molecule has 0 amide bonds. The van der Waals surface area contributed by atoms with Gasteiger partial charge in [0.25, 0.3) is 5.91 Å². The molecule has 2 aromatic heterocycles. The zero-order valence-corrected chi connectivity index (χ0v) is 23.9. The van der Waals surface area contributed by atoms with E-state index in [9.17, 15) is 19.1 Å². The fourth-order valence-electron chi connectivity index (χ4n) is 5.50. The largest absolute Gasteiger partial charge is 0.489 e. The van der Waals surface area contributed by atoms with Crippen molar-refractivity contribution in [3.05, 3.63) is 71.8 Å². The van der Waals surface area contributed by atoms with Crippen molar-refractivity contribution in [1.82, 2.24) is 14.3 Å². The number of aromatic nitrogens is 3. The number of fused-ring (bicyclic) bond motifs is 6. The minimum Gasteiger partial charge on any atom is -0.489 e. The Morgan fingerprint density at radius 1 is 1.10 bits per heavy atom. The third-order valence-corrected chi connectivity index (χ3v) is 7.40. The second kappa shape index (κ2) is 9.99. The van der Waals surface area contributed by atoms with Gasteiger partial charge in [0.2, 0.25) is 0 Å². The molecule has 0 fully saturated rings. The maximum Gasteiger partial charge on any atom is 0.337 e. The van der Waals surface area contributed by atoms with Crippen LogP contribution in [0.3, 0.4) is 0 Å². The number of rotatable bonds is 5. The number of hydrogen-bond acceptors (Lipinski definition) is 7. The lowest BCUT2D eigenvalue weighted by Crippen LogP contribution is -2.27. The van der Waals surface area contributed by atoms with Crippen molar-refractivity contribution in [1.29, 1.82) is 0 Å². The van der Waals surface area contributed by atoms with Gasteiger partial charge in [-0.05, 0) is 49.4 Å². The molecule has 0 bridgehead atoms. The van der Waals surface area contributed by atoms with E-state index >= 15 is 0 Å². The summed E-state index contributed by atoms with van der Waals surface area (Å²) in [6.45, 7) is 7.17. The quantitative estimate of drug-likeness (QED) is 0.255. The van der Waals surface area contributed by atoms with Gasteiger partial charge >= 0.3 is 5.97 Å². The van der Waals surface area contributed by atoms with Crippen LogP contribution in [0.1, 0.15) is 54.6 Å². The van der Waals surface area contributed by atoms with Gasteiger partial charge < -0.3 is 23.9 Å². The molecule has 216 valence electrons. The summed E-state index contributed by atoms with van der Waals surface area (Å²) in [4.78, 5) is 25.6. The van der Waals surface area contributed by atoms with Crippen molar-refractivity contribution in [3.8, 4) is 28.3 Å². The summed E-state index contributed by atoms with van der Waals surface area (Å²) in [7, 11) is 1.32. The van der Waals surface area contributed by atoms with E-state index in [1.165, 1.54) is 23.9 Å². The summed E-state index contributed by atoms with van der Waals surface area (Å²) < 4.78 is 34.8. The summed E-state index contributed by atoms with van der Waals surface area (Å²) in [5, 5.41) is 15.4. The van der Waals surface area contributed by atoms with Gasteiger partial charge in [-0.2, -0.15) is 9.78 Å². The number of aliphatic hydroxyl groups excluding tert-OH is 1. The third-order valence-electron chi connectivity index (χ3n) is 7.40. The molecule has 0 aliphatic carbocycles. The highest BCUT2D eigenvalue weighted by atomic mass is 19.1. The molecule has 3 aromatic carbocycles. The van der Waals surface area contributed by atoms with Crippen molar-refractivity contribution in [2.24, 2.45) is 5.41 Å². The Hall–Kier alpha value is -4.70. The zero-order valence-electron chi connectivity index (χ0n) is 23.9. The van der Waals surface area contributed by atoms with Crippen LogP contribution in [0.15, 0.2) is 54.7 Å². The maximum absolute atomic E-state index is 14.4. The highest BCUT2D eigenvalue weighted by molar-refractivity contribution is 6.09. The first kappa shape index (κ1) is 27.5. The molecule has 10 heteroatoms. The summed E-state index contributed by atoms with van der Waals surface area (Å²) in [6.07, 6.45) is 1.15. The van der Waals surface area contributed by atoms with Crippen LogP contribution >= 0.6 is 0 Å². The van der Waals surface area contributed by atoms with Gasteiger partial charge in [-0.25, -0.2) is 9.18 Å². The monoisotopic (exact) mass is 571 g/mol. The van der Waals surface area contributed by atoms with Crippen LogP contribution in [0.4, 0.5) is 4.39 Å². The van der Waals surface area contributed by atoms with Gasteiger partial charge in [-0.15, -0.1) is 0 Å². The molecule has 6 rings (SSSR count). The van der Waals surface area contributed by atoms with Crippen molar-refractivity contribution >= 4 is 33.7 Å². The van der Waals surface area contributed by atoms with Crippen LogP contribution in [0.2, 0.25) is 0 Å². The van der Waals surface area contributed by atoms with Crippen molar-refractivity contribution < 1.29 is 33.3 Å². The molecule has 1 aliphatic heterocycles. The fraction of sp³-hybridized carbons (Fsp3) is 0.281. The number of aliphatic hydroxyl groups is 1. The molecule has 0 spiro atoms. The summed E-state index contributed by atoms with van der Waals surface area (Å²) in [6, 6.07) is 13.3. The van der Waals surface area contributed by atoms with Gasteiger partial charge in [0, 0.05) is 33.4 Å². The van der Waals surface area contributed by atoms with Gasteiger partial charge in [-0.1, -0.05) is 20.8 Å². The highest BCUT2D eigenvalue weighted by Gasteiger charge is 2.33. The second-order valence-corrected chi connectivity index (χ2v) is 11.3. The fourth-order valence-corrected chi connectivity index (χ4v) is 5.50. The highest BCUT2D eigenvalue weighted by Crippen LogP contribution is 2.50. The molecule has 9 nitrogen and oxygen atoms in total. The summed E-state index contributed by atoms with van der Waals surface area (Å²) in [5.74, 6) is -0.353. The zero-order chi connectivity index (χ0) is 29.9. The first-order valence-electron chi connectivity index (χ1n) is 13.6. The number of halogens is 1. The molecule has 1 unspecified atom stereocenters. The molecular formula is C32H30FN3O6. The Balaban J connectivity index is 1.71. The van der Waals surface area contributed by atoms with E-state index in [1.807, 2.05) is 50.5 Å². The Kier molecular flexibility index (Phi) is 6.53. The topological polar surface area (TPSA) is 105 Å². The molecule has 1 N–H and O–H groups in total. The lowest BCUT2D eigenvalue weighted by atomic mass is 9.94. The normalized spacial score (nSPS) is 14.4. The average molecular weight is 572 g/mol. The predicted octanol–water partition coefficient (Wildman–Crippen LogP) is 6.08. The lowest BCUT2D eigenvalue weighted by Gasteiger charge is -2.27. The van der Waals surface area contributed by atoms with Crippen LogP contribution in [0, 0.1) is 11.2 Å². The molecule has 1 atom stereocenters. The van der Waals surface area contributed by atoms with E-state index in [4.69, 9.17) is 14.2 Å². The SMILES string of the molecule is COC(=O)c1ccc2c(c1)OC(C)c1c-2c2cc3c(cnn3C(=O)C(C)(C)C)cc2n1-c1ccc(F)cc1OCCO. The van der Waals surface area contributed by atoms with Crippen LogP contribution < -0.4 is 9.47 Å². The lowest BCUT2D eigenvalue weighted by molar-refractivity contribution is 0.0599. The van der Waals surface area contributed by atoms with Crippen molar-refractivity contribution in [3.63, 3.8) is 0 Å². The summed E-state index contributed by atoms with van der Waals surface area (Å²) in [5.41, 5.74) is 4.01. The molecule has 42 heavy (non-hydrogen) atoms. The average Bonchev–Trinajstić information content (AvgIpc) is 3.52. The Bertz CT molecular complexity index is 1900. The van der Waals surface area contributed by atoms with Crippen LogP contribution in [0.25, 0.3) is 38.6 Å². The Labute approximate surface area is 241 Å². The van der Waals surface area contributed by atoms with E-state index in [1.54, 1.807) is 24.4 Å². The molecule has 3 heterocycles. The van der Waals surface area contributed by atoms with Gasteiger partial charge in [-0.3, -0.25) is 4.79 Å². The number of ether oxygens (including phenoxy) is 3. The van der Waals surface area contributed by atoms with Gasteiger partial charge in [0.1, 0.15) is 30.0 Å². The van der Waals surface area contributed by atoms with E-state index < -0.39 is 23.3 Å². The van der Waals surface area contributed by atoms with Gasteiger partial charge in [0.15, 0.2) is 0 Å². The molecule has 0 saturated heterocycles. The van der Waals surface area contributed by atoms with Gasteiger partial charge in [0.05, 0.1) is 47.9 Å². The molecule has 0 radical (unpaired) electrons. The Morgan fingerprint density at radius 2 is 1.88 bits per heavy atom. The number of hydrogen-bond donors (Lipinski definition) is 1. The van der Waals surface area contributed by atoms with E-state index in [0.717, 1.165) is 33.1 Å².